The van der Waals surface area contributed by atoms with Gasteiger partial charge in [0.05, 0.1) is 33.0 Å². The number of rotatable bonds is 45. The van der Waals surface area contributed by atoms with Crippen molar-refractivity contribution in [1.82, 2.24) is 10.6 Å². The summed E-state index contributed by atoms with van der Waals surface area (Å²) in [5.41, 5.74) is 5.43. The fraction of sp³-hybridized carbons (Fsp3) is 0.864. The lowest BCUT2D eigenvalue weighted by atomic mass is 10.0. The molecule has 0 saturated heterocycles. The molecule has 15 nitrogen and oxygen atoms in total. The SMILES string of the molecule is CC(=O)CCCCCCCCCCCCCCCCC(=O)O.CN[C@@H](CCC(=O)CCCOCCOCC(=O)NCCOCCOCC(=O)CCCCCCN)C(=O)O. The van der Waals surface area contributed by atoms with Crippen molar-refractivity contribution in [3.63, 3.8) is 0 Å². The lowest BCUT2D eigenvalue weighted by molar-refractivity contribution is -0.140. The highest BCUT2D eigenvalue weighted by Gasteiger charge is 2.16. The van der Waals surface area contributed by atoms with Crippen LogP contribution in [0.3, 0.4) is 0 Å². The van der Waals surface area contributed by atoms with Crippen LogP contribution in [0.15, 0.2) is 0 Å². The molecule has 6 N–H and O–H groups in total. The van der Waals surface area contributed by atoms with Crippen LogP contribution in [0.2, 0.25) is 0 Å². The van der Waals surface area contributed by atoms with Crippen LogP contribution >= 0.6 is 0 Å². The highest BCUT2D eigenvalue weighted by atomic mass is 16.5. The molecule has 0 aromatic rings. The quantitative estimate of drug-likeness (QED) is 0.0421. The molecule has 0 saturated carbocycles. The van der Waals surface area contributed by atoms with Gasteiger partial charge in [0, 0.05) is 45.3 Å². The minimum absolute atomic E-state index is 0.00457. The van der Waals surface area contributed by atoms with E-state index in [0.717, 1.165) is 51.4 Å². The Morgan fingerprint density at radius 3 is 1.47 bits per heavy atom. The third kappa shape index (κ3) is 49.4. The smallest absolute Gasteiger partial charge is 0.320 e. The van der Waals surface area contributed by atoms with Crippen molar-refractivity contribution in [2.75, 3.05) is 73.0 Å². The number of nitrogens with two attached hydrogens (primary N) is 1. The van der Waals surface area contributed by atoms with E-state index in [9.17, 15) is 28.8 Å². The van der Waals surface area contributed by atoms with Crippen LogP contribution in [0.1, 0.15) is 167 Å². The maximum Gasteiger partial charge on any atom is 0.320 e. The van der Waals surface area contributed by atoms with E-state index in [4.69, 9.17) is 34.9 Å². The number of carboxylic acids is 2. The minimum Gasteiger partial charge on any atom is -0.481 e. The molecule has 0 aromatic carbocycles. The van der Waals surface area contributed by atoms with Crippen LogP contribution in [0.25, 0.3) is 0 Å². The zero-order valence-electron chi connectivity index (χ0n) is 36.9. The number of carboxylic acid groups (broad SMARTS) is 2. The van der Waals surface area contributed by atoms with Gasteiger partial charge in [-0.15, -0.1) is 0 Å². The Bertz CT molecular complexity index is 1020. The van der Waals surface area contributed by atoms with E-state index >= 15 is 0 Å². The van der Waals surface area contributed by atoms with Gasteiger partial charge in [0.1, 0.15) is 30.8 Å². The lowest BCUT2D eigenvalue weighted by Gasteiger charge is -2.10. The number of likely N-dealkylation sites (N-methyl/N-ethyl adjacent to an activating group) is 1. The molecule has 0 radical (unpaired) electrons. The van der Waals surface area contributed by atoms with E-state index in [1.54, 1.807) is 14.0 Å². The first-order valence-electron chi connectivity index (χ1n) is 22.5. The molecule has 0 spiro atoms. The van der Waals surface area contributed by atoms with E-state index < -0.39 is 18.0 Å². The monoisotopic (exact) mass is 846 g/mol. The Balaban J connectivity index is 0. The summed E-state index contributed by atoms with van der Waals surface area (Å²) in [4.78, 5) is 67.2. The van der Waals surface area contributed by atoms with Crippen molar-refractivity contribution in [1.29, 1.82) is 0 Å². The average Bonchev–Trinajstić information content (AvgIpc) is 3.19. The third-order valence-corrected chi connectivity index (χ3v) is 9.49. The predicted molar refractivity (Wildman–Crippen MR) is 230 cm³/mol. The molecule has 0 aliphatic carbocycles. The molecule has 0 rings (SSSR count). The summed E-state index contributed by atoms with van der Waals surface area (Å²) in [5.74, 6) is -1.48. The largest absolute Gasteiger partial charge is 0.481 e. The molecule has 0 fully saturated rings. The maximum absolute atomic E-state index is 11.8. The first-order valence-corrected chi connectivity index (χ1v) is 22.5. The fourth-order valence-electron chi connectivity index (χ4n) is 5.96. The molecule has 0 aliphatic rings. The molecule has 1 amide bonds. The van der Waals surface area contributed by atoms with Gasteiger partial charge in [0.25, 0.3) is 0 Å². The summed E-state index contributed by atoms with van der Waals surface area (Å²) in [6.07, 6.45) is 24.2. The van der Waals surface area contributed by atoms with Crippen LogP contribution in [0.5, 0.6) is 0 Å². The van der Waals surface area contributed by atoms with Crippen molar-refractivity contribution in [3.8, 4) is 0 Å². The molecule has 0 aromatic heterocycles. The molecular weight excluding hydrogens is 762 g/mol. The lowest BCUT2D eigenvalue weighted by Crippen LogP contribution is -2.34. The molecule has 0 unspecified atom stereocenters. The highest BCUT2D eigenvalue weighted by Crippen LogP contribution is 2.14. The number of nitrogens with one attached hydrogen (secondary N) is 2. The summed E-state index contributed by atoms with van der Waals surface area (Å²) < 4.78 is 21.3. The van der Waals surface area contributed by atoms with Gasteiger partial charge in [-0.25, -0.2) is 0 Å². The van der Waals surface area contributed by atoms with Crippen molar-refractivity contribution in [3.05, 3.63) is 0 Å². The zero-order valence-corrected chi connectivity index (χ0v) is 36.9. The molecule has 0 heterocycles. The van der Waals surface area contributed by atoms with Crippen molar-refractivity contribution >= 4 is 35.2 Å². The summed E-state index contributed by atoms with van der Waals surface area (Å²) in [6, 6.07) is -0.712. The number of hydrogen-bond acceptors (Lipinski definition) is 12. The number of hydrogen-bond donors (Lipinski definition) is 5. The number of unbranched alkanes of at least 4 members (excludes halogenated alkanes) is 16. The van der Waals surface area contributed by atoms with Gasteiger partial charge < -0.3 is 50.3 Å². The van der Waals surface area contributed by atoms with Gasteiger partial charge in [0.2, 0.25) is 5.91 Å². The topological polar surface area (TPSA) is 230 Å². The standard InChI is InChI=1S/C25H47N3O9.C19H36O3/c1-27-23(25(32)33)10-9-21(29)8-6-13-34-15-18-37-20-24(31)28-12-14-35-16-17-36-19-22(30)7-4-2-3-5-11-26;1-18(20)16-14-12-10-8-6-4-2-3-5-7-9-11-13-15-17-19(21)22/h23,27H,2-20,26H2,1H3,(H,28,31)(H,32,33);2-17H2,1H3,(H,21,22)/t23-;/m0./s1. The molecular formula is C44H83N3O12. The number of amides is 1. The summed E-state index contributed by atoms with van der Waals surface area (Å²) in [6.45, 7) is 4.67. The van der Waals surface area contributed by atoms with Gasteiger partial charge in [-0.3, -0.25) is 24.0 Å². The average molecular weight is 846 g/mol. The van der Waals surface area contributed by atoms with Gasteiger partial charge in [-0.1, -0.05) is 89.9 Å². The van der Waals surface area contributed by atoms with Crippen LogP contribution in [-0.4, -0.2) is 124 Å². The van der Waals surface area contributed by atoms with Crippen LogP contribution in [0, 0.1) is 0 Å². The predicted octanol–water partition coefficient (Wildman–Crippen LogP) is 6.35. The molecule has 59 heavy (non-hydrogen) atoms. The number of aliphatic carboxylic acids is 2. The zero-order chi connectivity index (χ0) is 44.0. The maximum atomic E-state index is 11.8. The summed E-state index contributed by atoms with van der Waals surface area (Å²) in [7, 11) is 1.55. The van der Waals surface area contributed by atoms with E-state index in [-0.39, 0.29) is 50.1 Å². The second-order valence-corrected chi connectivity index (χ2v) is 15.1. The fourth-order valence-corrected chi connectivity index (χ4v) is 5.96. The van der Waals surface area contributed by atoms with Gasteiger partial charge in [0.15, 0.2) is 5.78 Å². The van der Waals surface area contributed by atoms with Crippen molar-refractivity contribution < 1.29 is 57.9 Å². The molecule has 1 atom stereocenters. The molecule has 346 valence electrons. The van der Waals surface area contributed by atoms with Crippen molar-refractivity contribution in [2.45, 2.75) is 173 Å². The summed E-state index contributed by atoms with van der Waals surface area (Å²) in [5, 5.41) is 22.8. The van der Waals surface area contributed by atoms with Crippen LogP contribution in [0.4, 0.5) is 0 Å². The van der Waals surface area contributed by atoms with E-state index in [1.165, 1.54) is 70.6 Å². The Hall–Kier alpha value is -2.82. The Morgan fingerprint density at radius 2 is 0.966 bits per heavy atom. The van der Waals surface area contributed by atoms with Crippen LogP contribution < -0.4 is 16.4 Å². The Kier molecular flexibility index (Phi) is 45.7. The molecule has 0 aliphatic heterocycles. The summed E-state index contributed by atoms with van der Waals surface area (Å²) >= 11 is 0. The van der Waals surface area contributed by atoms with Crippen molar-refractivity contribution in [2.24, 2.45) is 5.73 Å². The number of Topliss-reactive ketones (excluding diaryl/α,β-unsaturated/α-hetero) is 3. The normalized spacial score (nSPS) is 11.4. The first kappa shape index (κ1) is 58.3. The number of ether oxygens (including phenoxy) is 4. The second-order valence-electron chi connectivity index (χ2n) is 15.1. The van der Waals surface area contributed by atoms with Gasteiger partial charge in [-0.2, -0.15) is 0 Å². The third-order valence-electron chi connectivity index (χ3n) is 9.49. The first-order chi connectivity index (χ1) is 28.5. The van der Waals surface area contributed by atoms with E-state index in [2.05, 4.69) is 10.6 Å². The van der Waals surface area contributed by atoms with Crippen LogP contribution in [-0.2, 0) is 47.7 Å². The van der Waals surface area contributed by atoms with Gasteiger partial charge in [-0.05, 0) is 59.0 Å². The minimum atomic E-state index is -0.965. The molecule has 15 heteroatoms. The number of ketones is 3. The number of carbonyl (C=O) groups excluding carboxylic acids is 4. The Morgan fingerprint density at radius 1 is 0.508 bits per heavy atom. The van der Waals surface area contributed by atoms with E-state index in [1.807, 2.05) is 0 Å². The molecule has 0 bridgehead atoms. The van der Waals surface area contributed by atoms with Gasteiger partial charge >= 0.3 is 11.9 Å². The van der Waals surface area contributed by atoms with E-state index in [0.29, 0.717) is 77.6 Å². The second kappa shape index (κ2) is 46.2. The highest BCUT2D eigenvalue weighted by molar-refractivity contribution is 5.80. The number of carbonyl (C=O) groups is 6. The Labute approximate surface area is 355 Å².